The van der Waals surface area contributed by atoms with Gasteiger partial charge in [-0.3, -0.25) is 14.7 Å². The first kappa shape index (κ1) is 12.2. The number of aliphatic carboxylic acids is 1. The molecule has 0 aliphatic carbocycles. The van der Waals surface area contributed by atoms with E-state index in [9.17, 15) is 9.59 Å². The highest BCUT2D eigenvalue weighted by molar-refractivity contribution is 5.79. The summed E-state index contributed by atoms with van der Waals surface area (Å²) in [6, 6.07) is 0. The number of H-pyrrole nitrogens is 1. The van der Waals surface area contributed by atoms with Crippen molar-refractivity contribution < 1.29 is 14.7 Å². The number of amides is 1. The number of rotatable bonds is 5. The molecule has 6 nitrogen and oxygen atoms in total. The number of carbonyl (C=O) groups is 2. The Bertz CT molecular complexity index is 379. The molecule has 1 aromatic rings. The van der Waals surface area contributed by atoms with Gasteiger partial charge < -0.3 is 10.4 Å². The van der Waals surface area contributed by atoms with E-state index >= 15 is 0 Å². The zero-order chi connectivity index (χ0) is 12.1. The lowest BCUT2D eigenvalue weighted by Gasteiger charge is -2.03. The van der Waals surface area contributed by atoms with Gasteiger partial charge in [-0.2, -0.15) is 5.10 Å². The molecule has 1 amide bonds. The molecule has 0 aliphatic heterocycles. The fourth-order valence-corrected chi connectivity index (χ4v) is 1.37. The van der Waals surface area contributed by atoms with Crippen molar-refractivity contribution in [2.24, 2.45) is 0 Å². The van der Waals surface area contributed by atoms with Crippen LogP contribution < -0.4 is 5.32 Å². The number of aryl methyl sites for hydroxylation is 2. The zero-order valence-corrected chi connectivity index (χ0v) is 9.33. The van der Waals surface area contributed by atoms with E-state index in [4.69, 9.17) is 5.11 Å². The quantitative estimate of drug-likeness (QED) is 0.665. The number of nitrogens with one attached hydrogen (secondary N) is 2. The summed E-state index contributed by atoms with van der Waals surface area (Å²) in [5.41, 5.74) is 2.53. The third-order valence-electron chi connectivity index (χ3n) is 2.28. The summed E-state index contributed by atoms with van der Waals surface area (Å²) in [6.07, 6.45) is 0.170. The molecule has 0 saturated heterocycles. The van der Waals surface area contributed by atoms with Crippen molar-refractivity contribution >= 4 is 11.9 Å². The van der Waals surface area contributed by atoms with Crippen LogP contribution in [0.1, 0.15) is 23.4 Å². The standard InChI is InChI=1S/C10H15N3O3/c1-6-8(7(2)13-12-6)5-9(14)11-4-3-10(15)16/h3-5H2,1-2H3,(H,11,14)(H,12,13)(H,15,16). The molecule has 0 fully saturated rings. The van der Waals surface area contributed by atoms with Gasteiger partial charge in [-0.15, -0.1) is 0 Å². The highest BCUT2D eigenvalue weighted by atomic mass is 16.4. The van der Waals surface area contributed by atoms with E-state index in [2.05, 4.69) is 15.5 Å². The number of aromatic nitrogens is 2. The predicted molar refractivity (Wildman–Crippen MR) is 57.0 cm³/mol. The van der Waals surface area contributed by atoms with Gasteiger partial charge in [0.25, 0.3) is 0 Å². The molecular weight excluding hydrogens is 210 g/mol. The average Bonchev–Trinajstić information content (AvgIpc) is 2.49. The molecule has 88 valence electrons. The van der Waals surface area contributed by atoms with Gasteiger partial charge in [0.1, 0.15) is 0 Å². The summed E-state index contributed by atoms with van der Waals surface area (Å²) in [6.45, 7) is 3.83. The minimum atomic E-state index is -0.920. The minimum Gasteiger partial charge on any atom is -0.481 e. The smallest absolute Gasteiger partial charge is 0.305 e. The molecule has 1 aromatic heterocycles. The molecule has 16 heavy (non-hydrogen) atoms. The van der Waals surface area contributed by atoms with Crippen LogP contribution in [-0.2, 0) is 16.0 Å². The SMILES string of the molecule is Cc1n[nH]c(C)c1CC(=O)NCCC(=O)O. The lowest BCUT2D eigenvalue weighted by molar-refractivity contribution is -0.136. The van der Waals surface area contributed by atoms with Gasteiger partial charge in [-0.25, -0.2) is 0 Å². The van der Waals surface area contributed by atoms with Crippen molar-refractivity contribution in [3.05, 3.63) is 17.0 Å². The molecule has 0 spiro atoms. The van der Waals surface area contributed by atoms with E-state index < -0.39 is 5.97 Å². The van der Waals surface area contributed by atoms with Crippen molar-refractivity contribution in [3.8, 4) is 0 Å². The van der Waals surface area contributed by atoms with Crippen LogP contribution in [0.3, 0.4) is 0 Å². The highest BCUT2D eigenvalue weighted by Crippen LogP contribution is 2.09. The maximum atomic E-state index is 11.5. The molecule has 3 N–H and O–H groups in total. The topological polar surface area (TPSA) is 95.1 Å². The summed E-state index contributed by atoms with van der Waals surface area (Å²) in [5, 5.41) is 17.7. The number of carboxylic acids is 1. The van der Waals surface area contributed by atoms with Gasteiger partial charge in [0.2, 0.25) is 5.91 Å². The minimum absolute atomic E-state index is 0.0604. The molecule has 0 unspecified atom stereocenters. The number of hydrogen-bond donors (Lipinski definition) is 3. The number of nitrogens with zero attached hydrogens (tertiary/aromatic N) is 1. The zero-order valence-electron chi connectivity index (χ0n) is 9.33. The van der Waals surface area contributed by atoms with E-state index in [0.717, 1.165) is 17.0 Å². The molecule has 0 saturated carbocycles. The second-order valence-electron chi connectivity index (χ2n) is 3.58. The van der Waals surface area contributed by atoms with Crippen LogP contribution in [0.2, 0.25) is 0 Å². The van der Waals surface area contributed by atoms with Crippen LogP contribution in [0.15, 0.2) is 0 Å². The van der Waals surface area contributed by atoms with Crippen LogP contribution in [0.5, 0.6) is 0 Å². The van der Waals surface area contributed by atoms with E-state index in [1.807, 2.05) is 13.8 Å². The first-order valence-corrected chi connectivity index (χ1v) is 4.99. The van der Waals surface area contributed by atoms with Crippen LogP contribution >= 0.6 is 0 Å². The second-order valence-corrected chi connectivity index (χ2v) is 3.58. The monoisotopic (exact) mass is 225 g/mol. The normalized spacial score (nSPS) is 10.1. The summed E-state index contributed by atoms with van der Waals surface area (Å²) >= 11 is 0. The fraction of sp³-hybridized carbons (Fsp3) is 0.500. The third-order valence-corrected chi connectivity index (χ3v) is 2.28. The molecular formula is C10H15N3O3. The number of carbonyl (C=O) groups excluding carboxylic acids is 1. The highest BCUT2D eigenvalue weighted by Gasteiger charge is 2.11. The Morgan fingerprint density at radius 2 is 2.12 bits per heavy atom. The van der Waals surface area contributed by atoms with Crippen LogP contribution in [-0.4, -0.2) is 33.7 Å². The van der Waals surface area contributed by atoms with Gasteiger partial charge in [-0.1, -0.05) is 0 Å². The molecule has 0 atom stereocenters. The van der Waals surface area contributed by atoms with Gasteiger partial charge in [0, 0.05) is 17.8 Å². The van der Waals surface area contributed by atoms with Crippen molar-refractivity contribution in [2.45, 2.75) is 26.7 Å². The molecule has 6 heteroatoms. The number of carboxylic acid groups (broad SMARTS) is 1. The number of hydrogen-bond acceptors (Lipinski definition) is 3. The van der Waals surface area contributed by atoms with Crippen LogP contribution in [0.4, 0.5) is 0 Å². The Kier molecular flexibility index (Phi) is 4.04. The largest absolute Gasteiger partial charge is 0.481 e. The Balaban J connectivity index is 2.43. The second kappa shape index (κ2) is 5.29. The lowest BCUT2D eigenvalue weighted by atomic mass is 10.1. The lowest BCUT2D eigenvalue weighted by Crippen LogP contribution is -2.27. The van der Waals surface area contributed by atoms with Gasteiger partial charge in [-0.05, 0) is 13.8 Å². The van der Waals surface area contributed by atoms with Crippen LogP contribution in [0.25, 0.3) is 0 Å². The molecule has 0 aromatic carbocycles. The van der Waals surface area contributed by atoms with Gasteiger partial charge >= 0.3 is 5.97 Å². The Labute approximate surface area is 93.1 Å². The van der Waals surface area contributed by atoms with E-state index in [1.54, 1.807) is 0 Å². The Hall–Kier alpha value is -1.85. The van der Waals surface area contributed by atoms with Crippen molar-refractivity contribution in [3.63, 3.8) is 0 Å². The van der Waals surface area contributed by atoms with Crippen molar-refractivity contribution in [2.75, 3.05) is 6.54 Å². The van der Waals surface area contributed by atoms with Crippen molar-refractivity contribution in [1.82, 2.24) is 15.5 Å². The molecule has 0 radical (unpaired) electrons. The average molecular weight is 225 g/mol. The third kappa shape index (κ3) is 3.38. The first-order chi connectivity index (χ1) is 7.50. The van der Waals surface area contributed by atoms with Crippen molar-refractivity contribution in [1.29, 1.82) is 0 Å². The fourth-order valence-electron chi connectivity index (χ4n) is 1.37. The Morgan fingerprint density at radius 1 is 1.44 bits per heavy atom. The summed E-state index contributed by atoms with van der Waals surface area (Å²) in [5.74, 6) is -1.11. The predicted octanol–water partition coefficient (Wildman–Crippen LogP) is 0.160. The maximum absolute atomic E-state index is 11.5. The molecule has 0 aliphatic rings. The summed E-state index contributed by atoms with van der Waals surface area (Å²) in [4.78, 5) is 21.7. The van der Waals surface area contributed by atoms with Crippen LogP contribution in [0, 0.1) is 13.8 Å². The van der Waals surface area contributed by atoms with E-state index in [1.165, 1.54) is 0 Å². The summed E-state index contributed by atoms with van der Waals surface area (Å²) in [7, 11) is 0. The van der Waals surface area contributed by atoms with Gasteiger partial charge in [0.05, 0.1) is 18.5 Å². The molecule has 1 rings (SSSR count). The van der Waals surface area contributed by atoms with Gasteiger partial charge in [0.15, 0.2) is 0 Å². The number of aromatic amines is 1. The van der Waals surface area contributed by atoms with E-state index in [-0.39, 0.29) is 25.3 Å². The molecule has 1 heterocycles. The summed E-state index contributed by atoms with van der Waals surface area (Å²) < 4.78 is 0. The van der Waals surface area contributed by atoms with E-state index in [0.29, 0.717) is 0 Å². The first-order valence-electron chi connectivity index (χ1n) is 4.99. The Morgan fingerprint density at radius 3 is 2.62 bits per heavy atom. The maximum Gasteiger partial charge on any atom is 0.305 e. The molecule has 0 bridgehead atoms.